The lowest BCUT2D eigenvalue weighted by molar-refractivity contribution is 0.0511. The smallest absolute Gasteiger partial charge is 0.188 e. The second-order valence-electron chi connectivity index (χ2n) is 6.09. The molecule has 1 saturated carbocycles. The largest absolute Gasteiger partial charge is 0.497 e. The van der Waals surface area contributed by atoms with Crippen LogP contribution in [0.4, 0.5) is 0 Å². The molecular formula is C20H24O3. The minimum absolute atomic E-state index is 0.117. The zero-order valence-electron chi connectivity index (χ0n) is 13.9. The van der Waals surface area contributed by atoms with Gasteiger partial charge in [-0.15, -0.1) is 0 Å². The number of ether oxygens (including phenoxy) is 3. The first-order valence-electron chi connectivity index (χ1n) is 8.15. The van der Waals surface area contributed by atoms with E-state index in [-0.39, 0.29) is 12.2 Å². The molecule has 0 spiro atoms. The van der Waals surface area contributed by atoms with Crippen LogP contribution in [-0.4, -0.2) is 21.0 Å². The number of hydrogen-bond acceptors (Lipinski definition) is 3. The molecule has 0 radical (unpaired) electrons. The lowest BCUT2D eigenvalue weighted by atomic mass is 9.73. The molecule has 0 unspecified atom stereocenters. The van der Waals surface area contributed by atoms with Crippen LogP contribution in [0.3, 0.4) is 0 Å². The van der Waals surface area contributed by atoms with Crippen molar-refractivity contribution in [2.45, 2.75) is 31.1 Å². The van der Waals surface area contributed by atoms with E-state index in [1.54, 1.807) is 14.2 Å². The number of rotatable bonds is 6. The Labute approximate surface area is 138 Å². The van der Waals surface area contributed by atoms with Gasteiger partial charge in [-0.25, -0.2) is 0 Å². The molecule has 0 bridgehead atoms. The van der Waals surface area contributed by atoms with Crippen molar-refractivity contribution >= 4 is 0 Å². The summed E-state index contributed by atoms with van der Waals surface area (Å²) in [5.74, 6) is 1.75. The van der Waals surface area contributed by atoms with Crippen molar-refractivity contribution in [1.82, 2.24) is 0 Å². The maximum Gasteiger partial charge on any atom is 0.188 e. The summed E-state index contributed by atoms with van der Waals surface area (Å²) in [5, 5.41) is 0. The summed E-state index contributed by atoms with van der Waals surface area (Å²) in [7, 11) is 3.34. The molecule has 1 fully saturated rings. The molecule has 1 aliphatic carbocycles. The molecule has 3 nitrogen and oxygen atoms in total. The molecule has 0 aromatic heterocycles. The van der Waals surface area contributed by atoms with E-state index in [4.69, 9.17) is 14.2 Å². The summed E-state index contributed by atoms with van der Waals surface area (Å²) in [6, 6.07) is 17.0. The molecule has 122 valence electrons. The zero-order chi connectivity index (χ0) is 16.1. The molecule has 0 amide bonds. The van der Waals surface area contributed by atoms with Crippen LogP contribution in [0.1, 0.15) is 36.8 Å². The predicted octanol–water partition coefficient (Wildman–Crippen LogP) is 4.54. The quantitative estimate of drug-likeness (QED) is 0.733. The number of hydrogen-bond donors (Lipinski definition) is 0. The van der Waals surface area contributed by atoms with E-state index in [9.17, 15) is 0 Å². The monoisotopic (exact) mass is 312 g/mol. The minimum Gasteiger partial charge on any atom is -0.497 e. The van der Waals surface area contributed by atoms with Gasteiger partial charge in [-0.3, -0.25) is 0 Å². The van der Waals surface area contributed by atoms with Gasteiger partial charge in [-0.2, -0.15) is 0 Å². The second kappa shape index (κ2) is 7.05. The molecule has 0 heterocycles. The third kappa shape index (κ3) is 3.20. The van der Waals surface area contributed by atoms with Crippen molar-refractivity contribution < 1.29 is 14.2 Å². The lowest BCUT2D eigenvalue weighted by Gasteiger charge is -2.31. The SMILES string of the molecule is COCOc1ccc(C2(c3ccc(OC)cc3)CCCC2)cc1. The first-order valence-corrected chi connectivity index (χ1v) is 8.15. The van der Waals surface area contributed by atoms with Crippen molar-refractivity contribution in [3.8, 4) is 11.5 Å². The Hall–Kier alpha value is -2.00. The summed E-state index contributed by atoms with van der Waals surface area (Å²) in [6.45, 7) is 0.281. The Bertz CT molecular complexity index is 610. The van der Waals surface area contributed by atoms with Gasteiger partial charge in [0.05, 0.1) is 7.11 Å². The van der Waals surface area contributed by atoms with Crippen LogP contribution in [0, 0.1) is 0 Å². The first-order chi connectivity index (χ1) is 11.3. The van der Waals surface area contributed by atoms with Crippen LogP contribution < -0.4 is 9.47 Å². The van der Waals surface area contributed by atoms with Gasteiger partial charge in [0.15, 0.2) is 6.79 Å². The molecule has 2 aromatic carbocycles. The van der Waals surface area contributed by atoms with E-state index in [1.165, 1.54) is 36.8 Å². The summed E-state index contributed by atoms with van der Waals surface area (Å²) in [4.78, 5) is 0. The highest BCUT2D eigenvalue weighted by Crippen LogP contribution is 2.46. The van der Waals surface area contributed by atoms with Gasteiger partial charge in [-0.05, 0) is 48.2 Å². The van der Waals surface area contributed by atoms with Crippen LogP contribution in [0.2, 0.25) is 0 Å². The molecule has 0 aliphatic heterocycles. The van der Waals surface area contributed by atoms with Crippen molar-refractivity contribution in [3.05, 3.63) is 59.7 Å². The van der Waals surface area contributed by atoms with Gasteiger partial charge in [0.1, 0.15) is 11.5 Å². The van der Waals surface area contributed by atoms with E-state index in [0.29, 0.717) is 0 Å². The maximum absolute atomic E-state index is 5.50. The van der Waals surface area contributed by atoms with Crippen molar-refractivity contribution in [1.29, 1.82) is 0 Å². The Morgan fingerprint density at radius 3 is 1.78 bits per heavy atom. The lowest BCUT2D eigenvalue weighted by Crippen LogP contribution is -2.23. The van der Waals surface area contributed by atoms with Crippen molar-refractivity contribution in [2.75, 3.05) is 21.0 Å². The summed E-state index contributed by atoms with van der Waals surface area (Å²) >= 11 is 0. The highest BCUT2D eigenvalue weighted by Gasteiger charge is 2.37. The van der Waals surface area contributed by atoms with E-state index in [2.05, 4.69) is 36.4 Å². The van der Waals surface area contributed by atoms with Gasteiger partial charge in [-0.1, -0.05) is 37.1 Å². The molecule has 0 atom stereocenters. The molecule has 2 aromatic rings. The Morgan fingerprint density at radius 1 is 0.783 bits per heavy atom. The number of methoxy groups -OCH3 is 2. The van der Waals surface area contributed by atoms with Crippen LogP contribution in [0.15, 0.2) is 48.5 Å². The fourth-order valence-corrected chi connectivity index (χ4v) is 3.63. The zero-order valence-corrected chi connectivity index (χ0v) is 13.9. The van der Waals surface area contributed by atoms with Gasteiger partial charge in [0.2, 0.25) is 0 Å². The highest BCUT2D eigenvalue weighted by molar-refractivity contribution is 5.44. The van der Waals surface area contributed by atoms with Crippen LogP contribution >= 0.6 is 0 Å². The van der Waals surface area contributed by atoms with Crippen molar-refractivity contribution in [2.24, 2.45) is 0 Å². The maximum atomic E-state index is 5.50. The van der Waals surface area contributed by atoms with Gasteiger partial charge < -0.3 is 14.2 Å². The summed E-state index contributed by atoms with van der Waals surface area (Å²) < 4.78 is 15.8. The third-order valence-electron chi connectivity index (χ3n) is 4.85. The van der Waals surface area contributed by atoms with Crippen LogP contribution in [0.25, 0.3) is 0 Å². The first kappa shape index (κ1) is 15.9. The molecule has 0 saturated heterocycles. The van der Waals surface area contributed by atoms with Gasteiger partial charge >= 0.3 is 0 Å². The van der Waals surface area contributed by atoms with E-state index in [1.807, 2.05) is 12.1 Å². The van der Waals surface area contributed by atoms with Crippen molar-refractivity contribution in [3.63, 3.8) is 0 Å². The van der Waals surface area contributed by atoms with Gasteiger partial charge in [0.25, 0.3) is 0 Å². The third-order valence-corrected chi connectivity index (χ3v) is 4.85. The molecule has 1 aliphatic rings. The normalized spacial score (nSPS) is 16.3. The standard InChI is InChI=1S/C20H24O3/c1-21-15-23-19-11-7-17(8-12-19)20(13-3-4-14-20)16-5-9-18(22-2)10-6-16/h5-12H,3-4,13-15H2,1-2H3. The summed E-state index contributed by atoms with van der Waals surface area (Å²) in [6.07, 6.45) is 4.93. The molecule has 23 heavy (non-hydrogen) atoms. The van der Waals surface area contributed by atoms with Gasteiger partial charge in [0, 0.05) is 12.5 Å². The molecule has 0 N–H and O–H groups in total. The van der Waals surface area contributed by atoms with E-state index in [0.717, 1.165) is 11.5 Å². The topological polar surface area (TPSA) is 27.7 Å². The minimum atomic E-state index is 0.117. The highest BCUT2D eigenvalue weighted by atomic mass is 16.7. The Balaban J connectivity index is 1.90. The van der Waals surface area contributed by atoms with Crippen LogP contribution in [-0.2, 0) is 10.2 Å². The average molecular weight is 312 g/mol. The van der Waals surface area contributed by atoms with E-state index >= 15 is 0 Å². The molecule has 3 heteroatoms. The Morgan fingerprint density at radius 2 is 1.30 bits per heavy atom. The molecular weight excluding hydrogens is 288 g/mol. The Kier molecular flexibility index (Phi) is 4.87. The predicted molar refractivity (Wildman–Crippen MR) is 91.2 cm³/mol. The number of benzene rings is 2. The fourth-order valence-electron chi connectivity index (χ4n) is 3.63. The summed E-state index contributed by atoms with van der Waals surface area (Å²) in [5.41, 5.74) is 2.86. The molecule has 3 rings (SSSR count). The van der Waals surface area contributed by atoms with Crippen LogP contribution in [0.5, 0.6) is 11.5 Å². The average Bonchev–Trinajstić information content (AvgIpc) is 3.11. The fraction of sp³-hybridized carbons (Fsp3) is 0.400. The second-order valence-corrected chi connectivity index (χ2v) is 6.09. The van der Waals surface area contributed by atoms with E-state index < -0.39 is 0 Å².